The largest absolute Gasteiger partial charge is 0.350 e. The number of nitrogens with zero attached hydrogens (tertiary/aromatic N) is 2. The van der Waals surface area contributed by atoms with Crippen molar-refractivity contribution in [3.63, 3.8) is 0 Å². The smallest absolute Gasteiger partial charge is 0.236 e. The van der Waals surface area contributed by atoms with Gasteiger partial charge in [-0.05, 0) is 25.1 Å². The van der Waals surface area contributed by atoms with E-state index in [1.54, 1.807) is 29.3 Å². The molecule has 136 valence electrons. The lowest BCUT2D eigenvalue weighted by atomic mass is 10.2. The van der Waals surface area contributed by atoms with Gasteiger partial charge in [0, 0.05) is 24.7 Å². The van der Waals surface area contributed by atoms with Crippen LogP contribution in [0.1, 0.15) is 30.0 Å². The van der Waals surface area contributed by atoms with E-state index in [-0.39, 0.29) is 35.8 Å². The van der Waals surface area contributed by atoms with E-state index in [4.69, 9.17) is 0 Å². The monoisotopic (exact) mass is 373 g/mol. The molecular weight excluding hydrogens is 353 g/mol. The third kappa shape index (κ3) is 4.22. The fourth-order valence-corrected chi connectivity index (χ4v) is 4.15. The highest BCUT2D eigenvalue weighted by Crippen LogP contribution is 2.43. The van der Waals surface area contributed by atoms with Gasteiger partial charge in [0.05, 0.1) is 17.5 Å². The minimum Gasteiger partial charge on any atom is -0.350 e. The predicted octanol–water partition coefficient (Wildman–Crippen LogP) is 2.89. The van der Waals surface area contributed by atoms with Gasteiger partial charge in [-0.2, -0.15) is 0 Å². The Hall–Kier alpha value is -2.41. The van der Waals surface area contributed by atoms with E-state index in [0.717, 1.165) is 5.69 Å². The van der Waals surface area contributed by atoms with E-state index in [2.05, 4.69) is 10.3 Å². The van der Waals surface area contributed by atoms with Crippen LogP contribution < -0.4 is 5.32 Å². The SMILES string of the molecule is CC1SC(c2ccccc2F)N(CCC(=O)NCc2ccccn2)C1=O. The fourth-order valence-electron chi connectivity index (χ4n) is 2.82. The molecule has 2 aromatic rings. The van der Waals surface area contributed by atoms with Gasteiger partial charge in [0.15, 0.2) is 0 Å². The Morgan fingerprint density at radius 3 is 2.77 bits per heavy atom. The van der Waals surface area contributed by atoms with Gasteiger partial charge in [-0.15, -0.1) is 11.8 Å². The summed E-state index contributed by atoms with van der Waals surface area (Å²) in [4.78, 5) is 30.3. The first kappa shape index (κ1) is 18.4. The summed E-state index contributed by atoms with van der Waals surface area (Å²) < 4.78 is 14.1. The third-order valence-electron chi connectivity index (χ3n) is 4.19. The molecule has 7 heteroatoms. The molecule has 1 aliphatic heterocycles. The summed E-state index contributed by atoms with van der Waals surface area (Å²) in [6.45, 7) is 2.40. The predicted molar refractivity (Wildman–Crippen MR) is 98.6 cm³/mol. The third-order valence-corrected chi connectivity index (χ3v) is 5.57. The summed E-state index contributed by atoms with van der Waals surface area (Å²) in [6.07, 6.45) is 1.83. The van der Waals surface area contributed by atoms with Gasteiger partial charge in [-0.3, -0.25) is 14.6 Å². The van der Waals surface area contributed by atoms with Gasteiger partial charge in [0.1, 0.15) is 11.2 Å². The van der Waals surface area contributed by atoms with Crippen LogP contribution in [0.3, 0.4) is 0 Å². The molecule has 2 atom stereocenters. The van der Waals surface area contributed by atoms with Crippen molar-refractivity contribution in [3.8, 4) is 0 Å². The van der Waals surface area contributed by atoms with Gasteiger partial charge in [0.2, 0.25) is 11.8 Å². The van der Waals surface area contributed by atoms with Gasteiger partial charge in [-0.1, -0.05) is 24.3 Å². The second kappa shape index (κ2) is 8.31. The molecular formula is C19H20FN3O2S. The van der Waals surface area contributed by atoms with Crippen molar-refractivity contribution in [2.24, 2.45) is 0 Å². The molecule has 5 nitrogen and oxygen atoms in total. The number of halogens is 1. The molecule has 3 rings (SSSR count). The zero-order chi connectivity index (χ0) is 18.5. The first-order valence-electron chi connectivity index (χ1n) is 8.43. The quantitative estimate of drug-likeness (QED) is 0.846. The number of nitrogens with one attached hydrogen (secondary N) is 1. The van der Waals surface area contributed by atoms with Crippen molar-refractivity contribution in [3.05, 3.63) is 65.7 Å². The van der Waals surface area contributed by atoms with Crippen molar-refractivity contribution < 1.29 is 14.0 Å². The Labute approximate surface area is 156 Å². The van der Waals surface area contributed by atoms with E-state index >= 15 is 0 Å². The Bertz CT molecular complexity index is 787. The second-order valence-electron chi connectivity index (χ2n) is 6.03. The molecule has 2 amide bonds. The fraction of sp³-hybridized carbons (Fsp3) is 0.316. The topological polar surface area (TPSA) is 62.3 Å². The van der Waals surface area contributed by atoms with E-state index in [0.29, 0.717) is 12.1 Å². The Balaban J connectivity index is 1.60. The van der Waals surface area contributed by atoms with Gasteiger partial charge in [0.25, 0.3) is 0 Å². The highest BCUT2D eigenvalue weighted by atomic mass is 32.2. The molecule has 0 aliphatic carbocycles. The van der Waals surface area contributed by atoms with Crippen LogP contribution >= 0.6 is 11.8 Å². The Morgan fingerprint density at radius 1 is 1.27 bits per heavy atom. The number of hydrogen-bond donors (Lipinski definition) is 1. The van der Waals surface area contributed by atoms with Crippen LogP contribution in [-0.4, -0.2) is 33.5 Å². The zero-order valence-corrected chi connectivity index (χ0v) is 15.2. The lowest BCUT2D eigenvalue weighted by molar-refractivity contribution is -0.130. The molecule has 1 aromatic heterocycles. The molecule has 2 unspecified atom stereocenters. The standard InChI is InChI=1S/C19H20FN3O2S/c1-13-18(25)23(19(26-13)15-7-2-3-8-16(15)20)11-9-17(24)22-12-14-6-4-5-10-21-14/h2-8,10,13,19H,9,11-12H2,1H3,(H,22,24). The first-order chi connectivity index (χ1) is 12.6. The number of thioether (sulfide) groups is 1. The van der Waals surface area contributed by atoms with E-state index in [1.165, 1.54) is 17.8 Å². The summed E-state index contributed by atoms with van der Waals surface area (Å²) in [5.74, 6) is -0.572. The van der Waals surface area contributed by atoms with Crippen LogP contribution in [0.25, 0.3) is 0 Å². The minimum absolute atomic E-state index is 0.0687. The molecule has 0 radical (unpaired) electrons. The molecule has 1 saturated heterocycles. The molecule has 2 heterocycles. The lowest BCUT2D eigenvalue weighted by Gasteiger charge is -2.24. The van der Waals surface area contributed by atoms with Crippen molar-refractivity contribution in [2.75, 3.05) is 6.54 Å². The normalized spacial score (nSPS) is 19.6. The van der Waals surface area contributed by atoms with Gasteiger partial charge < -0.3 is 10.2 Å². The average molecular weight is 373 g/mol. The number of pyridine rings is 1. The summed E-state index contributed by atoms with van der Waals surface area (Å²) in [7, 11) is 0. The van der Waals surface area contributed by atoms with E-state index in [1.807, 2.05) is 25.1 Å². The van der Waals surface area contributed by atoms with Crippen LogP contribution in [0.4, 0.5) is 4.39 Å². The number of amides is 2. The number of rotatable bonds is 6. The lowest BCUT2D eigenvalue weighted by Crippen LogP contribution is -2.34. The van der Waals surface area contributed by atoms with Crippen LogP contribution in [0.15, 0.2) is 48.7 Å². The van der Waals surface area contributed by atoms with Crippen LogP contribution in [0.2, 0.25) is 0 Å². The average Bonchev–Trinajstić information content (AvgIpc) is 2.94. The molecule has 0 spiro atoms. The summed E-state index contributed by atoms with van der Waals surface area (Å²) in [5, 5.41) is 2.14. The molecule has 26 heavy (non-hydrogen) atoms. The van der Waals surface area contributed by atoms with Gasteiger partial charge in [-0.25, -0.2) is 4.39 Å². The molecule has 0 bridgehead atoms. The number of aromatic nitrogens is 1. The van der Waals surface area contributed by atoms with E-state index in [9.17, 15) is 14.0 Å². The number of carbonyl (C=O) groups excluding carboxylic acids is 2. The van der Waals surface area contributed by atoms with E-state index < -0.39 is 5.37 Å². The molecule has 0 saturated carbocycles. The molecule has 1 aliphatic rings. The van der Waals surface area contributed by atoms with Gasteiger partial charge >= 0.3 is 0 Å². The Kier molecular flexibility index (Phi) is 5.88. The molecule has 1 N–H and O–H groups in total. The van der Waals surface area contributed by atoms with Crippen molar-refractivity contribution in [1.82, 2.24) is 15.2 Å². The maximum absolute atomic E-state index is 14.1. The van der Waals surface area contributed by atoms with Crippen LogP contribution in [-0.2, 0) is 16.1 Å². The highest BCUT2D eigenvalue weighted by Gasteiger charge is 2.39. The summed E-state index contributed by atoms with van der Waals surface area (Å²) in [6, 6.07) is 12.0. The summed E-state index contributed by atoms with van der Waals surface area (Å²) in [5.41, 5.74) is 1.25. The molecule has 1 fully saturated rings. The maximum atomic E-state index is 14.1. The maximum Gasteiger partial charge on any atom is 0.236 e. The second-order valence-corrected chi connectivity index (χ2v) is 7.46. The molecule has 1 aromatic carbocycles. The Morgan fingerprint density at radius 2 is 2.04 bits per heavy atom. The first-order valence-corrected chi connectivity index (χ1v) is 9.37. The zero-order valence-electron chi connectivity index (χ0n) is 14.4. The minimum atomic E-state index is -0.401. The highest BCUT2D eigenvalue weighted by molar-refractivity contribution is 8.01. The number of hydrogen-bond acceptors (Lipinski definition) is 4. The number of benzene rings is 1. The summed E-state index contributed by atoms with van der Waals surface area (Å²) >= 11 is 1.41. The van der Waals surface area contributed by atoms with Crippen LogP contribution in [0, 0.1) is 5.82 Å². The van der Waals surface area contributed by atoms with Crippen LogP contribution in [0.5, 0.6) is 0 Å². The van der Waals surface area contributed by atoms with Crippen molar-refractivity contribution in [2.45, 2.75) is 30.5 Å². The number of carbonyl (C=O) groups is 2. The van der Waals surface area contributed by atoms with Crippen molar-refractivity contribution in [1.29, 1.82) is 0 Å². The van der Waals surface area contributed by atoms with Crippen molar-refractivity contribution >= 4 is 23.6 Å².